The van der Waals surface area contributed by atoms with Crippen molar-refractivity contribution in [3.8, 4) is 0 Å². The minimum absolute atomic E-state index is 0.0525. The molecule has 0 spiro atoms. The van der Waals surface area contributed by atoms with Crippen molar-refractivity contribution in [3.05, 3.63) is 48.2 Å². The largest absolute Gasteiger partial charge is 0.345 e. The van der Waals surface area contributed by atoms with Crippen molar-refractivity contribution in [2.24, 2.45) is 0 Å². The second-order valence-electron chi connectivity index (χ2n) is 5.09. The molecule has 0 aliphatic rings. The highest BCUT2D eigenvalue weighted by molar-refractivity contribution is 5.84. The number of aromatic nitrogens is 4. The minimum atomic E-state index is -0.192. The highest BCUT2D eigenvalue weighted by Gasteiger charge is 2.14. The lowest BCUT2D eigenvalue weighted by Crippen LogP contribution is -2.30. The van der Waals surface area contributed by atoms with Gasteiger partial charge in [0.2, 0.25) is 5.91 Å². The first-order valence-electron chi connectivity index (χ1n) is 6.84. The second kappa shape index (κ2) is 5.40. The number of benzene rings is 1. The molecule has 0 saturated carbocycles. The van der Waals surface area contributed by atoms with Crippen molar-refractivity contribution in [1.29, 1.82) is 0 Å². The zero-order chi connectivity index (χ0) is 14.8. The standard InChI is InChI=1S/C15H17N5O/c1-10-7-12-5-3-4-6-13(12)20(10)8-14(21)18-11(2)15-16-9-17-19-15/h3-7,9,11H,8H2,1-2H3,(H,18,21)(H,16,17,19). The number of hydrogen-bond donors (Lipinski definition) is 2. The molecular weight excluding hydrogens is 266 g/mol. The molecule has 108 valence electrons. The van der Waals surface area contributed by atoms with Gasteiger partial charge in [-0.25, -0.2) is 4.98 Å². The quantitative estimate of drug-likeness (QED) is 0.768. The molecule has 0 aliphatic carbocycles. The molecule has 3 aromatic rings. The van der Waals surface area contributed by atoms with Crippen LogP contribution in [0.3, 0.4) is 0 Å². The fourth-order valence-electron chi connectivity index (χ4n) is 2.48. The number of aryl methyl sites for hydroxylation is 1. The highest BCUT2D eigenvalue weighted by atomic mass is 16.2. The molecular formula is C15H17N5O. The average Bonchev–Trinajstić information content (AvgIpc) is 3.08. The number of rotatable bonds is 4. The van der Waals surface area contributed by atoms with Crippen LogP contribution in [-0.2, 0) is 11.3 Å². The summed E-state index contributed by atoms with van der Waals surface area (Å²) in [7, 11) is 0. The highest BCUT2D eigenvalue weighted by Crippen LogP contribution is 2.19. The van der Waals surface area contributed by atoms with Crippen LogP contribution in [0.2, 0.25) is 0 Å². The topological polar surface area (TPSA) is 75.6 Å². The lowest BCUT2D eigenvalue weighted by molar-refractivity contribution is -0.122. The minimum Gasteiger partial charge on any atom is -0.345 e. The van der Waals surface area contributed by atoms with E-state index in [1.807, 2.05) is 42.7 Å². The molecule has 2 aromatic heterocycles. The summed E-state index contributed by atoms with van der Waals surface area (Å²) in [6.45, 7) is 4.17. The molecule has 1 aromatic carbocycles. The van der Waals surface area contributed by atoms with E-state index < -0.39 is 0 Å². The number of hydrogen-bond acceptors (Lipinski definition) is 3. The van der Waals surface area contributed by atoms with Crippen molar-refractivity contribution < 1.29 is 4.79 Å². The van der Waals surface area contributed by atoms with Gasteiger partial charge < -0.3 is 9.88 Å². The number of carbonyl (C=O) groups is 1. The molecule has 2 heterocycles. The summed E-state index contributed by atoms with van der Waals surface area (Å²) < 4.78 is 2.01. The molecule has 0 radical (unpaired) electrons. The maximum absolute atomic E-state index is 12.2. The van der Waals surface area contributed by atoms with Crippen molar-refractivity contribution in [2.45, 2.75) is 26.4 Å². The molecule has 21 heavy (non-hydrogen) atoms. The van der Waals surface area contributed by atoms with Gasteiger partial charge in [0.05, 0.1) is 6.04 Å². The van der Waals surface area contributed by atoms with E-state index in [0.717, 1.165) is 16.6 Å². The molecule has 6 nitrogen and oxygen atoms in total. The predicted molar refractivity (Wildman–Crippen MR) is 79.6 cm³/mol. The summed E-state index contributed by atoms with van der Waals surface area (Å²) in [6, 6.07) is 9.94. The fourth-order valence-corrected chi connectivity index (χ4v) is 2.48. The lowest BCUT2D eigenvalue weighted by atomic mass is 10.2. The van der Waals surface area contributed by atoms with Gasteiger partial charge in [-0.05, 0) is 31.4 Å². The molecule has 0 aliphatic heterocycles. The van der Waals surface area contributed by atoms with Gasteiger partial charge in [-0.3, -0.25) is 9.89 Å². The SMILES string of the molecule is Cc1cc2ccccc2n1CC(=O)NC(C)c1ncn[nH]1. The Bertz CT molecular complexity index is 760. The first-order chi connectivity index (χ1) is 10.1. The number of amides is 1. The van der Waals surface area contributed by atoms with E-state index in [9.17, 15) is 4.79 Å². The Morgan fingerprint density at radius 2 is 2.24 bits per heavy atom. The van der Waals surface area contributed by atoms with Gasteiger partial charge in [-0.1, -0.05) is 18.2 Å². The van der Waals surface area contributed by atoms with Gasteiger partial charge >= 0.3 is 0 Å². The molecule has 1 atom stereocenters. The molecule has 2 N–H and O–H groups in total. The van der Waals surface area contributed by atoms with Gasteiger partial charge in [0.15, 0.2) is 0 Å². The third-order valence-corrected chi connectivity index (χ3v) is 3.54. The number of nitrogens with one attached hydrogen (secondary N) is 2. The number of nitrogens with zero attached hydrogens (tertiary/aromatic N) is 3. The van der Waals surface area contributed by atoms with Crippen molar-refractivity contribution >= 4 is 16.8 Å². The molecule has 1 amide bonds. The molecule has 0 bridgehead atoms. The number of aromatic amines is 1. The smallest absolute Gasteiger partial charge is 0.240 e. The third-order valence-electron chi connectivity index (χ3n) is 3.54. The van der Waals surface area contributed by atoms with E-state index in [0.29, 0.717) is 5.82 Å². The van der Waals surface area contributed by atoms with E-state index in [-0.39, 0.29) is 18.5 Å². The van der Waals surface area contributed by atoms with Crippen LogP contribution in [0.5, 0.6) is 0 Å². The van der Waals surface area contributed by atoms with Crippen molar-refractivity contribution in [3.63, 3.8) is 0 Å². The Labute approximate surface area is 122 Å². The van der Waals surface area contributed by atoms with Crippen LogP contribution in [0, 0.1) is 6.92 Å². The van der Waals surface area contributed by atoms with E-state index in [4.69, 9.17) is 0 Å². The fraction of sp³-hybridized carbons (Fsp3) is 0.267. The Morgan fingerprint density at radius 1 is 1.43 bits per heavy atom. The average molecular weight is 283 g/mol. The van der Waals surface area contributed by atoms with Crippen LogP contribution in [0.15, 0.2) is 36.7 Å². The van der Waals surface area contributed by atoms with Crippen LogP contribution in [0.1, 0.15) is 24.5 Å². The maximum Gasteiger partial charge on any atom is 0.240 e. The number of H-pyrrole nitrogens is 1. The predicted octanol–water partition coefficient (Wildman–Crippen LogP) is 1.95. The van der Waals surface area contributed by atoms with E-state index in [1.165, 1.54) is 6.33 Å². The zero-order valence-corrected chi connectivity index (χ0v) is 12.0. The second-order valence-corrected chi connectivity index (χ2v) is 5.09. The Balaban J connectivity index is 1.76. The lowest BCUT2D eigenvalue weighted by Gasteiger charge is -2.13. The normalized spacial score (nSPS) is 12.5. The summed E-state index contributed by atoms with van der Waals surface area (Å²) in [5.41, 5.74) is 2.14. The number of carbonyl (C=O) groups excluding carboxylic acids is 1. The van der Waals surface area contributed by atoms with Gasteiger partial charge in [0.1, 0.15) is 18.7 Å². The third kappa shape index (κ3) is 2.65. The van der Waals surface area contributed by atoms with E-state index in [2.05, 4.69) is 26.6 Å². The van der Waals surface area contributed by atoms with Gasteiger partial charge in [-0.2, -0.15) is 5.10 Å². The zero-order valence-electron chi connectivity index (χ0n) is 12.0. The van der Waals surface area contributed by atoms with Crippen molar-refractivity contribution in [1.82, 2.24) is 25.1 Å². The number of fused-ring (bicyclic) bond motifs is 1. The first kappa shape index (κ1) is 13.4. The Hall–Kier alpha value is -2.63. The molecule has 6 heteroatoms. The van der Waals surface area contributed by atoms with Crippen LogP contribution in [-0.4, -0.2) is 25.7 Å². The monoisotopic (exact) mass is 283 g/mol. The first-order valence-corrected chi connectivity index (χ1v) is 6.84. The van der Waals surface area contributed by atoms with E-state index in [1.54, 1.807) is 0 Å². The van der Waals surface area contributed by atoms with Gasteiger partial charge in [0.25, 0.3) is 0 Å². The van der Waals surface area contributed by atoms with Crippen molar-refractivity contribution in [2.75, 3.05) is 0 Å². The summed E-state index contributed by atoms with van der Waals surface area (Å²) in [4.78, 5) is 16.3. The van der Waals surface area contributed by atoms with Crippen LogP contribution < -0.4 is 5.32 Å². The van der Waals surface area contributed by atoms with Gasteiger partial charge in [-0.15, -0.1) is 0 Å². The molecule has 3 rings (SSSR count). The van der Waals surface area contributed by atoms with E-state index >= 15 is 0 Å². The van der Waals surface area contributed by atoms with Crippen LogP contribution in [0.4, 0.5) is 0 Å². The summed E-state index contributed by atoms with van der Waals surface area (Å²) in [5, 5.41) is 10.6. The molecule has 0 fully saturated rings. The summed E-state index contributed by atoms with van der Waals surface area (Å²) in [5.74, 6) is 0.598. The van der Waals surface area contributed by atoms with Crippen LogP contribution in [0.25, 0.3) is 10.9 Å². The number of para-hydroxylation sites is 1. The summed E-state index contributed by atoms with van der Waals surface area (Å²) in [6.07, 6.45) is 1.43. The van der Waals surface area contributed by atoms with Gasteiger partial charge in [0, 0.05) is 11.2 Å². The Morgan fingerprint density at radius 3 is 3.00 bits per heavy atom. The molecule has 1 unspecified atom stereocenters. The Kier molecular flexibility index (Phi) is 3.43. The molecule has 0 saturated heterocycles. The van der Waals surface area contributed by atoms with Crippen LogP contribution >= 0.6 is 0 Å². The summed E-state index contributed by atoms with van der Waals surface area (Å²) >= 11 is 0. The maximum atomic E-state index is 12.2.